The Morgan fingerprint density at radius 1 is 1.28 bits per heavy atom. The summed E-state index contributed by atoms with van der Waals surface area (Å²) in [6.07, 6.45) is -0.795. The fourth-order valence-electron chi connectivity index (χ4n) is 2.78. The van der Waals surface area contributed by atoms with Gasteiger partial charge in [0.15, 0.2) is 17.7 Å². The van der Waals surface area contributed by atoms with E-state index < -0.39 is 41.1 Å². The maximum Gasteiger partial charge on any atom is 0.253 e. The van der Waals surface area contributed by atoms with Crippen molar-refractivity contribution in [3.8, 4) is 0 Å². The zero-order chi connectivity index (χ0) is 21.0. The molecule has 0 spiro atoms. The highest BCUT2D eigenvalue weighted by molar-refractivity contribution is 5.82. The number of rotatable bonds is 5. The third-order valence-electron chi connectivity index (χ3n) is 4.24. The Kier molecular flexibility index (Phi) is 6.39. The molecule has 2 amide bonds. The number of carbonyl (C=O) groups is 2. The van der Waals surface area contributed by atoms with E-state index >= 15 is 0 Å². The third-order valence-corrected chi connectivity index (χ3v) is 4.24. The lowest BCUT2D eigenvalue weighted by molar-refractivity contribution is -0.134. The first-order valence-electron chi connectivity index (χ1n) is 8.54. The fourth-order valence-corrected chi connectivity index (χ4v) is 2.78. The number of nitrogens with zero attached hydrogens (tertiary/aromatic N) is 5. The monoisotopic (exact) mass is 414 g/mol. The molecule has 0 bridgehead atoms. The predicted octanol–water partition coefficient (Wildman–Crippen LogP) is -0.832. The van der Waals surface area contributed by atoms with E-state index in [1.807, 2.05) is 0 Å². The second-order valence-electron chi connectivity index (χ2n) is 6.32. The van der Waals surface area contributed by atoms with E-state index in [1.54, 1.807) is 0 Å². The van der Waals surface area contributed by atoms with Crippen LogP contribution >= 0.6 is 0 Å². The highest BCUT2D eigenvalue weighted by Gasteiger charge is 2.28. The number of amides is 2. The maximum absolute atomic E-state index is 13.8. The Bertz CT molecular complexity index is 882. The van der Waals surface area contributed by atoms with Crippen LogP contribution in [0.1, 0.15) is 11.7 Å². The summed E-state index contributed by atoms with van der Waals surface area (Å²) in [7, 11) is 0. The van der Waals surface area contributed by atoms with Crippen molar-refractivity contribution < 1.29 is 32.6 Å². The highest BCUT2D eigenvalue weighted by Crippen LogP contribution is 2.21. The normalized spacial score (nSPS) is 18.2. The summed E-state index contributed by atoms with van der Waals surface area (Å²) in [6.45, 7) is 0.450. The topological polar surface area (TPSA) is 122 Å². The SMILES string of the molecule is O=C(NC1COCCN(C(=O)Cn2cnnn2)C1)C(O)c1cc(F)c(F)cc1F. The smallest absolute Gasteiger partial charge is 0.253 e. The summed E-state index contributed by atoms with van der Waals surface area (Å²) in [5.41, 5.74) is -0.706. The molecular weight excluding hydrogens is 397 g/mol. The number of hydrogen-bond donors (Lipinski definition) is 2. The minimum atomic E-state index is -2.07. The molecule has 1 aromatic heterocycles. The van der Waals surface area contributed by atoms with Gasteiger partial charge in [-0.3, -0.25) is 9.59 Å². The van der Waals surface area contributed by atoms with Gasteiger partial charge in [-0.1, -0.05) is 0 Å². The zero-order valence-electron chi connectivity index (χ0n) is 15.0. The lowest BCUT2D eigenvalue weighted by Gasteiger charge is -2.25. The maximum atomic E-state index is 13.8. The van der Waals surface area contributed by atoms with Gasteiger partial charge in [0, 0.05) is 24.7 Å². The quantitative estimate of drug-likeness (QED) is 0.612. The average Bonchev–Trinajstić information content (AvgIpc) is 3.07. The summed E-state index contributed by atoms with van der Waals surface area (Å²) in [6, 6.07) is -0.0543. The summed E-state index contributed by atoms with van der Waals surface area (Å²) >= 11 is 0. The van der Waals surface area contributed by atoms with Crippen LogP contribution in [-0.2, 0) is 20.9 Å². The molecule has 29 heavy (non-hydrogen) atoms. The number of nitrogens with one attached hydrogen (secondary N) is 1. The Labute approximate surface area is 162 Å². The van der Waals surface area contributed by atoms with Crippen molar-refractivity contribution in [1.29, 1.82) is 0 Å². The molecule has 156 valence electrons. The molecule has 2 N–H and O–H groups in total. The molecule has 0 radical (unpaired) electrons. The molecule has 1 saturated heterocycles. The van der Waals surface area contributed by atoms with Gasteiger partial charge in [-0.2, -0.15) is 0 Å². The van der Waals surface area contributed by atoms with Crippen LogP contribution in [0, 0.1) is 17.5 Å². The van der Waals surface area contributed by atoms with E-state index in [0.717, 1.165) is 0 Å². The number of aliphatic hydroxyl groups excluding tert-OH is 1. The number of tetrazole rings is 1. The highest BCUT2D eigenvalue weighted by atomic mass is 19.2. The number of hydrogen-bond acceptors (Lipinski definition) is 7. The van der Waals surface area contributed by atoms with E-state index in [1.165, 1.54) is 15.9 Å². The van der Waals surface area contributed by atoms with Crippen molar-refractivity contribution in [3.05, 3.63) is 41.5 Å². The van der Waals surface area contributed by atoms with Gasteiger partial charge >= 0.3 is 0 Å². The van der Waals surface area contributed by atoms with Crippen LogP contribution in [0.3, 0.4) is 0 Å². The van der Waals surface area contributed by atoms with Gasteiger partial charge in [-0.25, -0.2) is 17.9 Å². The van der Waals surface area contributed by atoms with E-state index in [4.69, 9.17) is 4.74 Å². The molecule has 1 aliphatic heterocycles. The van der Waals surface area contributed by atoms with Crippen LogP contribution in [0.15, 0.2) is 18.5 Å². The van der Waals surface area contributed by atoms with Gasteiger partial charge in [0.05, 0.1) is 19.3 Å². The first kappa shape index (κ1) is 20.7. The van der Waals surface area contributed by atoms with Crippen LogP contribution < -0.4 is 5.32 Å². The molecule has 0 aliphatic carbocycles. The van der Waals surface area contributed by atoms with E-state index in [0.29, 0.717) is 6.07 Å². The van der Waals surface area contributed by atoms with Crippen LogP contribution in [0.5, 0.6) is 0 Å². The number of benzene rings is 1. The number of halogens is 3. The molecule has 2 heterocycles. The molecule has 13 heteroatoms. The van der Waals surface area contributed by atoms with Crippen molar-refractivity contribution in [2.24, 2.45) is 0 Å². The number of aliphatic hydroxyl groups is 1. The molecule has 1 fully saturated rings. The second kappa shape index (κ2) is 8.96. The third kappa shape index (κ3) is 5.06. The van der Waals surface area contributed by atoms with Crippen molar-refractivity contribution in [1.82, 2.24) is 30.4 Å². The van der Waals surface area contributed by atoms with Crippen LogP contribution in [0.4, 0.5) is 13.2 Å². The van der Waals surface area contributed by atoms with Crippen LogP contribution in [-0.4, -0.2) is 74.4 Å². The van der Waals surface area contributed by atoms with Crippen LogP contribution in [0.2, 0.25) is 0 Å². The van der Waals surface area contributed by atoms with Gasteiger partial charge in [0.1, 0.15) is 18.7 Å². The second-order valence-corrected chi connectivity index (χ2v) is 6.32. The Morgan fingerprint density at radius 3 is 2.76 bits per heavy atom. The van der Waals surface area contributed by atoms with Crippen molar-refractivity contribution in [3.63, 3.8) is 0 Å². The van der Waals surface area contributed by atoms with E-state index in [-0.39, 0.29) is 44.8 Å². The van der Waals surface area contributed by atoms with Gasteiger partial charge in [-0.05, 0) is 16.5 Å². The number of aromatic nitrogens is 4. The minimum absolute atomic E-state index is 0.0351. The summed E-state index contributed by atoms with van der Waals surface area (Å²) < 4.78 is 46.7. The average molecular weight is 414 g/mol. The molecular formula is C16H17F3N6O4. The predicted molar refractivity (Wildman–Crippen MR) is 88.4 cm³/mol. The molecule has 0 saturated carbocycles. The first-order chi connectivity index (χ1) is 13.8. The van der Waals surface area contributed by atoms with Gasteiger partial charge in [0.2, 0.25) is 5.91 Å². The molecule has 10 nitrogen and oxygen atoms in total. The largest absolute Gasteiger partial charge is 0.378 e. The summed E-state index contributed by atoms with van der Waals surface area (Å²) in [5.74, 6) is -5.47. The van der Waals surface area contributed by atoms with Crippen LogP contribution in [0.25, 0.3) is 0 Å². The first-order valence-corrected chi connectivity index (χ1v) is 8.54. The molecule has 3 rings (SSSR count). The minimum Gasteiger partial charge on any atom is -0.378 e. The summed E-state index contributed by atoms with van der Waals surface area (Å²) in [5, 5.41) is 22.9. The number of carbonyl (C=O) groups excluding carboxylic acids is 2. The van der Waals surface area contributed by atoms with E-state index in [2.05, 4.69) is 20.8 Å². The Balaban J connectivity index is 1.64. The fraction of sp³-hybridized carbons (Fsp3) is 0.438. The van der Waals surface area contributed by atoms with Gasteiger partial charge in [-0.15, -0.1) is 5.10 Å². The molecule has 1 aliphatic rings. The lowest BCUT2D eigenvalue weighted by atomic mass is 10.1. The van der Waals surface area contributed by atoms with Crippen molar-refractivity contribution in [2.45, 2.75) is 18.7 Å². The van der Waals surface area contributed by atoms with E-state index in [9.17, 15) is 27.9 Å². The van der Waals surface area contributed by atoms with Gasteiger partial charge < -0.3 is 20.1 Å². The summed E-state index contributed by atoms with van der Waals surface area (Å²) in [4.78, 5) is 26.1. The molecule has 2 aromatic rings. The standard InChI is InChI=1S/C16H17F3N6O4/c17-11-4-13(19)12(18)3-10(11)15(27)16(28)21-9-5-24(1-2-29-7-9)14(26)6-25-8-20-22-23-25/h3-4,8-9,15,27H,1-2,5-7H2,(H,21,28). The molecule has 2 atom stereocenters. The molecule has 1 aromatic carbocycles. The zero-order valence-corrected chi connectivity index (χ0v) is 15.0. The van der Waals surface area contributed by atoms with Gasteiger partial charge in [0.25, 0.3) is 5.91 Å². The lowest BCUT2D eigenvalue weighted by Crippen LogP contribution is -2.48. The number of ether oxygens (including phenoxy) is 1. The Morgan fingerprint density at radius 2 is 2.03 bits per heavy atom. The van der Waals surface area contributed by atoms with Crippen molar-refractivity contribution >= 4 is 11.8 Å². The molecule has 2 unspecified atom stereocenters. The van der Waals surface area contributed by atoms with Crippen molar-refractivity contribution in [2.75, 3.05) is 26.3 Å². The Hall–Kier alpha value is -3.06.